The first kappa shape index (κ1) is 11.9. The lowest BCUT2D eigenvalue weighted by atomic mass is 10.1. The molecular formula is C15H16N4. The fraction of sp³-hybridized carbons (Fsp3) is 0.200. The van der Waals surface area contributed by atoms with Crippen LogP contribution in [0, 0.1) is 13.8 Å². The predicted octanol–water partition coefficient (Wildman–Crippen LogP) is 2.70. The van der Waals surface area contributed by atoms with Gasteiger partial charge in [-0.15, -0.1) is 0 Å². The smallest absolute Gasteiger partial charge is 0.142 e. The summed E-state index contributed by atoms with van der Waals surface area (Å²) in [4.78, 5) is 12.3. The Labute approximate surface area is 111 Å². The number of aromatic amines is 1. The zero-order chi connectivity index (χ0) is 13.4. The van der Waals surface area contributed by atoms with E-state index in [-0.39, 0.29) is 0 Å². The molecule has 0 aliphatic heterocycles. The molecule has 0 bridgehead atoms. The van der Waals surface area contributed by atoms with Crippen molar-refractivity contribution in [3.05, 3.63) is 47.5 Å². The summed E-state index contributed by atoms with van der Waals surface area (Å²) in [7, 11) is 0. The van der Waals surface area contributed by atoms with Crippen LogP contribution in [-0.2, 0) is 6.54 Å². The number of nitrogens with zero attached hydrogens (tertiary/aromatic N) is 2. The number of fused-ring (bicyclic) bond motifs is 1. The average Bonchev–Trinajstić information content (AvgIpc) is 2.73. The summed E-state index contributed by atoms with van der Waals surface area (Å²) < 4.78 is 0. The van der Waals surface area contributed by atoms with E-state index in [1.54, 1.807) is 0 Å². The maximum absolute atomic E-state index is 5.66. The highest BCUT2D eigenvalue weighted by Crippen LogP contribution is 2.30. The fourth-order valence-corrected chi connectivity index (χ4v) is 2.46. The molecule has 2 aromatic heterocycles. The zero-order valence-corrected chi connectivity index (χ0v) is 11.1. The number of aromatic nitrogens is 3. The van der Waals surface area contributed by atoms with Gasteiger partial charge in [-0.2, -0.15) is 0 Å². The van der Waals surface area contributed by atoms with Crippen molar-refractivity contribution in [2.45, 2.75) is 20.4 Å². The van der Waals surface area contributed by atoms with Crippen molar-refractivity contribution >= 4 is 10.9 Å². The summed E-state index contributed by atoms with van der Waals surface area (Å²) in [6.45, 7) is 4.39. The quantitative estimate of drug-likeness (QED) is 0.736. The second-order valence-corrected chi connectivity index (χ2v) is 4.69. The first-order chi connectivity index (χ1) is 9.19. The molecular weight excluding hydrogens is 236 g/mol. The molecule has 4 heteroatoms. The molecule has 4 nitrogen and oxygen atoms in total. The highest BCUT2D eigenvalue weighted by molar-refractivity contribution is 5.96. The van der Waals surface area contributed by atoms with Gasteiger partial charge >= 0.3 is 0 Å². The number of aryl methyl sites for hydroxylation is 2. The van der Waals surface area contributed by atoms with Gasteiger partial charge in [0.15, 0.2) is 0 Å². The molecule has 0 saturated heterocycles. The fourth-order valence-electron chi connectivity index (χ4n) is 2.46. The third-order valence-electron chi connectivity index (χ3n) is 3.23. The molecule has 2 heterocycles. The van der Waals surface area contributed by atoms with E-state index in [2.05, 4.69) is 34.0 Å². The van der Waals surface area contributed by atoms with Gasteiger partial charge in [-0.25, -0.2) is 9.97 Å². The van der Waals surface area contributed by atoms with E-state index in [1.165, 1.54) is 5.39 Å². The van der Waals surface area contributed by atoms with Crippen LogP contribution in [0.4, 0.5) is 0 Å². The largest absolute Gasteiger partial charge is 0.358 e. The number of hydrogen-bond acceptors (Lipinski definition) is 3. The molecule has 0 saturated carbocycles. The number of hydrogen-bond donors (Lipinski definition) is 2. The summed E-state index contributed by atoms with van der Waals surface area (Å²) in [5.74, 6) is 0.680. The number of para-hydroxylation sites is 1. The highest BCUT2D eigenvalue weighted by Gasteiger charge is 2.12. The van der Waals surface area contributed by atoms with E-state index < -0.39 is 0 Å². The Morgan fingerprint density at radius 2 is 1.95 bits per heavy atom. The van der Waals surface area contributed by atoms with Gasteiger partial charge in [-0.05, 0) is 26.0 Å². The maximum atomic E-state index is 5.66. The van der Waals surface area contributed by atoms with E-state index in [0.717, 1.165) is 28.2 Å². The van der Waals surface area contributed by atoms with Crippen LogP contribution in [-0.4, -0.2) is 15.0 Å². The minimum Gasteiger partial charge on any atom is -0.358 e. The van der Waals surface area contributed by atoms with Crippen LogP contribution in [0.3, 0.4) is 0 Å². The van der Waals surface area contributed by atoms with Gasteiger partial charge in [-0.3, -0.25) is 0 Å². The Balaban J connectivity index is 2.29. The van der Waals surface area contributed by atoms with Gasteiger partial charge < -0.3 is 10.7 Å². The van der Waals surface area contributed by atoms with Gasteiger partial charge in [-0.1, -0.05) is 18.2 Å². The number of rotatable bonds is 2. The molecule has 3 aromatic rings. The van der Waals surface area contributed by atoms with Crippen molar-refractivity contribution in [2.24, 2.45) is 5.73 Å². The van der Waals surface area contributed by atoms with Crippen LogP contribution in [0.25, 0.3) is 22.2 Å². The Hall–Kier alpha value is -2.20. The van der Waals surface area contributed by atoms with Crippen molar-refractivity contribution in [3.63, 3.8) is 0 Å². The summed E-state index contributed by atoms with van der Waals surface area (Å²) in [6.07, 6.45) is 0. The molecule has 0 unspecified atom stereocenters. The van der Waals surface area contributed by atoms with Crippen LogP contribution in [0.1, 0.15) is 17.2 Å². The second kappa shape index (κ2) is 4.48. The van der Waals surface area contributed by atoms with E-state index >= 15 is 0 Å². The first-order valence-corrected chi connectivity index (χ1v) is 6.31. The van der Waals surface area contributed by atoms with Gasteiger partial charge in [0.2, 0.25) is 0 Å². The van der Waals surface area contributed by atoms with Crippen LogP contribution in [0.5, 0.6) is 0 Å². The number of benzene rings is 1. The Morgan fingerprint density at radius 3 is 2.74 bits per heavy atom. The Morgan fingerprint density at radius 1 is 1.16 bits per heavy atom. The summed E-state index contributed by atoms with van der Waals surface area (Å²) in [5.41, 5.74) is 10.9. The molecule has 0 aliphatic carbocycles. The van der Waals surface area contributed by atoms with Gasteiger partial charge in [0.05, 0.1) is 12.2 Å². The minimum absolute atomic E-state index is 0.357. The monoisotopic (exact) mass is 252 g/mol. The van der Waals surface area contributed by atoms with E-state index in [4.69, 9.17) is 5.73 Å². The van der Waals surface area contributed by atoms with Crippen molar-refractivity contribution in [1.29, 1.82) is 0 Å². The predicted molar refractivity (Wildman–Crippen MR) is 76.7 cm³/mol. The molecule has 0 spiro atoms. The third-order valence-corrected chi connectivity index (χ3v) is 3.23. The maximum Gasteiger partial charge on any atom is 0.142 e. The van der Waals surface area contributed by atoms with Gasteiger partial charge in [0.1, 0.15) is 5.82 Å². The molecule has 3 N–H and O–H groups in total. The minimum atomic E-state index is 0.357. The Bertz CT molecular complexity index is 743. The SMILES string of the molecule is Cc1cc(-c2c(C)[nH]c3ccccc23)nc(CN)n1. The molecule has 19 heavy (non-hydrogen) atoms. The van der Waals surface area contributed by atoms with Crippen LogP contribution in [0.2, 0.25) is 0 Å². The third kappa shape index (κ3) is 2.00. The summed E-state index contributed by atoms with van der Waals surface area (Å²) in [5, 5.41) is 1.18. The molecule has 0 atom stereocenters. The first-order valence-electron chi connectivity index (χ1n) is 6.31. The standard InChI is InChI=1S/C15H16N4/c1-9-7-13(19-14(8-16)17-9)15-10(2)18-12-6-4-3-5-11(12)15/h3-7,18H,8,16H2,1-2H3. The summed E-state index contributed by atoms with van der Waals surface area (Å²) >= 11 is 0. The van der Waals surface area contributed by atoms with Gasteiger partial charge in [0, 0.05) is 27.9 Å². The van der Waals surface area contributed by atoms with Crippen molar-refractivity contribution in [3.8, 4) is 11.3 Å². The van der Waals surface area contributed by atoms with Gasteiger partial charge in [0.25, 0.3) is 0 Å². The number of nitrogens with one attached hydrogen (secondary N) is 1. The molecule has 1 aromatic carbocycles. The molecule has 96 valence electrons. The zero-order valence-electron chi connectivity index (χ0n) is 11.1. The molecule has 3 rings (SSSR count). The molecule has 0 fully saturated rings. The average molecular weight is 252 g/mol. The lowest BCUT2D eigenvalue weighted by Gasteiger charge is -2.05. The normalized spacial score (nSPS) is 11.1. The molecule has 0 aliphatic rings. The number of H-pyrrole nitrogens is 1. The van der Waals surface area contributed by atoms with E-state index in [0.29, 0.717) is 12.4 Å². The molecule has 0 amide bonds. The summed E-state index contributed by atoms with van der Waals surface area (Å²) in [6, 6.07) is 10.2. The Kier molecular flexibility index (Phi) is 2.80. The van der Waals surface area contributed by atoms with E-state index in [1.807, 2.05) is 25.1 Å². The van der Waals surface area contributed by atoms with Crippen LogP contribution < -0.4 is 5.73 Å². The second-order valence-electron chi connectivity index (χ2n) is 4.69. The lowest BCUT2D eigenvalue weighted by molar-refractivity contribution is 0.894. The van der Waals surface area contributed by atoms with E-state index in [9.17, 15) is 0 Å². The highest BCUT2D eigenvalue weighted by atomic mass is 14.9. The van der Waals surface area contributed by atoms with Crippen LogP contribution in [0.15, 0.2) is 30.3 Å². The van der Waals surface area contributed by atoms with Crippen molar-refractivity contribution < 1.29 is 0 Å². The number of nitrogens with two attached hydrogens (primary N) is 1. The lowest BCUT2D eigenvalue weighted by Crippen LogP contribution is -2.05. The van der Waals surface area contributed by atoms with Crippen LogP contribution >= 0.6 is 0 Å². The van der Waals surface area contributed by atoms with Crippen molar-refractivity contribution in [1.82, 2.24) is 15.0 Å². The van der Waals surface area contributed by atoms with Crippen molar-refractivity contribution in [2.75, 3.05) is 0 Å². The topological polar surface area (TPSA) is 67.6 Å². The molecule has 0 radical (unpaired) electrons.